The summed E-state index contributed by atoms with van der Waals surface area (Å²) in [6.07, 6.45) is 6.55. The molecule has 1 aromatic rings. The summed E-state index contributed by atoms with van der Waals surface area (Å²) in [6, 6.07) is 6.06. The predicted molar refractivity (Wildman–Crippen MR) is 80.8 cm³/mol. The van der Waals surface area contributed by atoms with Gasteiger partial charge >= 0.3 is 0 Å². The van der Waals surface area contributed by atoms with Crippen molar-refractivity contribution in [1.29, 1.82) is 0 Å². The van der Waals surface area contributed by atoms with E-state index in [0.29, 0.717) is 6.42 Å². The first-order valence-corrected chi connectivity index (χ1v) is 7.12. The zero-order chi connectivity index (χ0) is 14.3. The predicted octanol–water partition coefficient (Wildman–Crippen LogP) is 2.57. The van der Waals surface area contributed by atoms with E-state index in [2.05, 4.69) is 37.6 Å². The number of benzene rings is 1. The van der Waals surface area contributed by atoms with Crippen LogP contribution < -0.4 is 10.6 Å². The number of carbonyl (C=O) groups excluding carboxylic acids is 1. The van der Waals surface area contributed by atoms with Crippen molar-refractivity contribution in [3.63, 3.8) is 0 Å². The second-order valence-electron chi connectivity index (χ2n) is 6.08. The molecule has 3 rings (SSSR count). The van der Waals surface area contributed by atoms with E-state index in [4.69, 9.17) is 0 Å². The molecule has 1 aliphatic heterocycles. The van der Waals surface area contributed by atoms with Crippen LogP contribution in [0.2, 0.25) is 0 Å². The Morgan fingerprint density at radius 1 is 1.30 bits per heavy atom. The van der Waals surface area contributed by atoms with Crippen molar-refractivity contribution in [3.8, 4) is 0 Å². The monoisotopic (exact) mass is 265 g/mol. The van der Waals surface area contributed by atoms with Gasteiger partial charge < -0.3 is 0 Å². The second kappa shape index (κ2) is 4.55. The van der Waals surface area contributed by atoms with E-state index < -0.39 is 0 Å². The summed E-state index contributed by atoms with van der Waals surface area (Å²) in [4.78, 5) is 16.7. The Labute approximate surface area is 119 Å². The van der Waals surface area contributed by atoms with Crippen molar-refractivity contribution in [2.75, 3.05) is 0 Å². The molecule has 1 heterocycles. The van der Waals surface area contributed by atoms with Crippen LogP contribution in [0.25, 0.3) is 6.58 Å². The van der Waals surface area contributed by atoms with Gasteiger partial charge in [-0.15, -0.1) is 0 Å². The van der Waals surface area contributed by atoms with E-state index in [1.807, 2.05) is 18.3 Å². The molecule has 2 nitrogen and oxygen atoms in total. The zero-order valence-corrected chi connectivity index (χ0v) is 12.1. The number of nitrogens with zero attached hydrogens (tertiary/aromatic N) is 1. The molecule has 1 aromatic carbocycles. The lowest BCUT2D eigenvalue weighted by molar-refractivity contribution is -0.115. The third kappa shape index (κ3) is 1.96. The molecule has 0 amide bonds. The Bertz CT molecular complexity index is 750. The second-order valence-corrected chi connectivity index (χ2v) is 6.08. The molecular weight excluding hydrogens is 246 g/mol. The molecular formula is C18H19NO. The number of allylic oxidation sites excluding steroid dienone is 3. The molecule has 0 atom stereocenters. The lowest BCUT2D eigenvalue weighted by Crippen LogP contribution is -2.34. The molecule has 0 radical (unpaired) electrons. The van der Waals surface area contributed by atoms with Gasteiger partial charge in [0.1, 0.15) is 0 Å². The number of ketones is 1. The molecule has 0 unspecified atom stereocenters. The van der Waals surface area contributed by atoms with Gasteiger partial charge in [-0.2, -0.15) is 0 Å². The van der Waals surface area contributed by atoms with Crippen LogP contribution in [-0.2, 0) is 10.2 Å². The highest BCUT2D eigenvalue weighted by Crippen LogP contribution is 2.37. The first-order valence-electron chi connectivity index (χ1n) is 7.12. The molecule has 0 spiro atoms. The first kappa shape index (κ1) is 13.0. The van der Waals surface area contributed by atoms with E-state index in [9.17, 15) is 4.79 Å². The topological polar surface area (TPSA) is 29.4 Å². The van der Waals surface area contributed by atoms with Gasteiger partial charge in [0.25, 0.3) is 0 Å². The summed E-state index contributed by atoms with van der Waals surface area (Å²) in [5, 5.41) is 1.97. The number of carbonyl (C=O) groups is 1. The Morgan fingerprint density at radius 2 is 2.10 bits per heavy atom. The highest BCUT2D eigenvalue weighted by atomic mass is 16.1. The van der Waals surface area contributed by atoms with Gasteiger partial charge in [-0.1, -0.05) is 32.6 Å². The summed E-state index contributed by atoms with van der Waals surface area (Å²) in [6.45, 7) is 8.33. The summed E-state index contributed by atoms with van der Waals surface area (Å²) >= 11 is 0. The quantitative estimate of drug-likeness (QED) is 0.767. The zero-order valence-electron chi connectivity index (χ0n) is 12.1. The highest BCUT2D eigenvalue weighted by Gasteiger charge is 2.34. The largest absolute Gasteiger partial charge is 0.294 e. The minimum atomic E-state index is -0.205. The van der Waals surface area contributed by atoms with E-state index >= 15 is 0 Å². The summed E-state index contributed by atoms with van der Waals surface area (Å²) in [5.74, 6) is 0.250. The van der Waals surface area contributed by atoms with E-state index in [1.54, 1.807) is 0 Å². The van der Waals surface area contributed by atoms with Gasteiger partial charge in [-0.25, -0.2) is 0 Å². The average Bonchev–Trinajstić information content (AvgIpc) is 2.41. The third-order valence-electron chi connectivity index (χ3n) is 4.29. The first-order chi connectivity index (χ1) is 9.50. The SMILES string of the molecule is C=c1ccc2c(c1)C(C)(C)C(C1=CCCCC1=O)=CN=2. The smallest absolute Gasteiger partial charge is 0.162 e. The van der Waals surface area contributed by atoms with Crippen LogP contribution in [0.1, 0.15) is 38.7 Å². The molecule has 0 saturated heterocycles. The highest BCUT2D eigenvalue weighted by molar-refractivity contribution is 6.00. The van der Waals surface area contributed by atoms with Crippen molar-refractivity contribution in [2.45, 2.75) is 38.5 Å². The number of fused-ring (bicyclic) bond motifs is 1. The molecule has 2 heteroatoms. The van der Waals surface area contributed by atoms with Gasteiger partial charge in [0, 0.05) is 23.6 Å². The Hall–Kier alpha value is -1.96. The maximum atomic E-state index is 12.2. The molecule has 0 N–H and O–H groups in total. The standard InChI is InChI=1S/C18H19NO/c1-12-8-9-16-14(10-12)18(2,3)15(11-19-16)13-6-4-5-7-17(13)20/h6,8-11H,1,4-5,7H2,2-3H3. The van der Waals surface area contributed by atoms with Gasteiger partial charge in [0.15, 0.2) is 5.78 Å². The molecule has 0 fully saturated rings. The average molecular weight is 265 g/mol. The van der Waals surface area contributed by atoms with Gasteiger partial charge in [-0.3, -0.25) is 9.79 Å². The van der Waals surface area contributed by atoms with Gasteiger partial charge in [0.2, 0.25) is 0 Å². The van der Waals surface area contributed by atoms with Crippen LogP contribution in [0.3, 0.4) is 0 Å². The number of Topliss-reactive ketones (excluding diaryl/α,β-unsaturated/α-hetero) is 1. The molecule has 0 saturated carbocycles. The third-order valence-corrected chi connectivity index (χ3v) is 4.29. The molecule has 1 aliphatic carbocycles. The Balaban J connectivity index is 2.19. The van der Waals surface area contributed by atoms with Crippen LogP contribution >= 0.6 is 0 Å². The van der Waals surface area contributed by atoms with E-state index in [-0.39, 0.29) is 11.2 Å². The fourth-order valence-corrected chi connectivity index (χ4v) is 3.06. The normalized spacial score (nSPS) is 20.6. The van der Waals surface area contributed by atoms with Crippen molar-refractivity contribution in [3.05, 3.63) is 57.8 Å². The fourth-order valence-electron chi connectivity index (χ4n) is 3.06. The summed E-state index contributed by atoms with van der Waals surface area (Å²) in [7, 11) is 0. The van der Waals surface area contributed by atoms with Crippen LogP contribution in [0, 0.1) is 0 Å². The van der Waals surface area contributed by atoms with E-state index in [1.165, 1.54) is 0 Å². The number of rotatable bonds is 1. The summed E-state index contributed by atoms with van der Waals surface area (Å²) in [5.41, 5.74) is 2.86. The Kier molecular flexibility index (Phi) is 2.97. The van der Waals surface area contributed by atoms with Crippen LogP contribution in [-0.4, -0.2) is 5.78 Å². The molecule has 20 heavy (non-hydrogen) atoms. The Morgan fingerprint density at radius 3 is 2.85 bits per heavy atom. The van der Waals surface area contributed by atoms with Crippen LogP contribution in [0.15, 0.2) is 46.6 Å². The number of hydrogen-bond acceptors (Lipinski definition) is 2. The fraction of sp³-hybridized carbons (Fsp3) is 0.333. The minimum Gasteiger partial charge on any atom is -0.294 e. The molecule has 0 bridgehead atoms. The van der Waals surface area contributed by atoms with Crippen molar-refractivity contribution >= 4 is 12.4 Å². The number of hydrogen-bond donors (Lipinski definition) is 0. The molecule has 102 valence electrons. The van der Waals surface area contributed by atoms with Crippen molar-refractivity contribution in [1.82, 2.24) is 0 Å². The van der Waals surface area contributed by atoms with Crippen molar-refractivity contribution < 1.29 is 4.79 Å². The minimum absolute atomic E-state index is 0.205. The van der Waals surface area contributed by atoms with Gasteiger partial charge in [0.05, 0.1) is 5.36 Å². The maximum absolute atomic E-state index is 12.2. The van der Waals surface area contributed by atoms with Crippen molar-refractivity contribution in [2.24, 2.45) is 4.99 Å². The van der Waals surface area contributed by atoms with Gasteiger partial charge in [-0.05, 0) is 41.3 Å². The van der Waals surface area contributed by atoms with E-state index in [0.717, 1.165) is 40.1 Å². The van der Waals surface area contributed by atoms with Crippen LogP contribution in [0.4, 0.5) is 0 Å². The maximum Gasteiger partial charge on any atom is 0.162 e. The lowest BCUT2D eigenvalue weighted by atomic mass is 9.71. The molecule has 2 aliphatic rings. The summed E-state index contributed by atoms with van der Waals surface area (Å²) < 4.78 is 0. The molecule has 0 aromatic heterocycles. The van der Waals surface area contributed by atoms with Crippen LogP contribution in [0.5, 0.6) is 0 Å². The lowest BCUT2D eigenvalue weighted by Gasteiger charge is -2.32.